The average Bonchev–Trinajstić information content (AvgIpc) is 3.09. The third kappa shape index (κ3) is 16.4. The van der Waals surface area contributed by atoms with Crippen molar-refractivity contribution in [3.63, 3.8) is 0 Å². The molecule has 0 radical (unpaired) electrons. The van der Waals surface area contributed by atoms with Gasteiger partial charge in [-0.25, -0.2) is 0 Å². The van der Waals surface area contributed by atoms with Gasteiger partial charge in [0, 0.05) is 4.47 Å². The molecule has 0 heterocycles. The molecule has 0 aliphatic rings. The van der Waals surface area contributed by atoms with E-state index in [0.717, 1.165) is 51.1 Å². The largest absolute Gasteiger partial charge is 0.491 e. The minimum Gasteiger partial charge on any atom is -0.491 e. The summed E-state index contributed by atoms with van der Waals surface area (Å²) in [5.41, 5.74) is 4.22. The Kier molecular flexibility index (Phi) is 21.0. The first-order chi connectivity index (χ1) is 23.2. The van der Waals surface area contributed by atoms with E-state index in [-0.39, 0.29) is 13.2 Å². The van der Waals surface area contributed by atoms with Crippen molar-refractivity contribution in [1.29, 1.82) is 0 Å². The zero-order valence-electron chi connectivity index (χ0n) is 27.1. The fraction of sp³-hybridized carbons (Fsp3) is 0.500. The number of halogens is 1. The maximum Gasteiger partial charge on any atom is 0.122 e. The molecule has 11 heteroatoms. The van der Waals surface area contributed by atoms with Crippen LogP contribution in [0.15, 0.2) is 71.2 Å². The van der Waals surface area contributed by atoms with Crippen LogP contribution >= 0.6 is 15.9 Å². The van der Waals surface area contributed by atoms with Crippen LogP contribution in [0.4, 0.5) is 0 Å². The van der Waals surface area contributed by atoms with Crippen molar-refractivity contribution in [2.45, 2.75) is 26.1 Å². The Morgan fingerprint density at radius 1 is 0.404 bits per heavy atom. The lowest BCUT2D eigenvalue weighted by molar-refractivity contribution is 0.0284. The van der Waals surface area contributed by atoms with E-state index < -0.39 is 0 Å². The molecule has 0 aromatic heterocycles. The average molecular weight is 722 g/mol. The molecule has 0 bridgehead atoms. The maximum atomic E-state index is 8.84. The molecule has 0 aliphatic heterocycles. The van der Waals surface area contributed by atoms with Gasteiger partial charge in [0.25, 0.3) is 0 Å². The molecule has 47 heavy (non-hydrogen) atoms. The minimum atomic E-state index is 0.0240. The Morgan fingerprint density at radius 2 is 0.787 bits per heavy atom. The Hall–Kier alpha value is -2.58. The van der Waals surface area contributed by atoms with E-state index in [2.05, 4.69) is 15.9 Å². The zero-order valence-corrected chi connectivity index (χ0v) is 28.7. The summed E-state index contributed by atoms with van der Waals surface area (Å²) in [6, 6.07) is 21.8. The zero-order chi connectivity index (χ0) is 33.2. The lowest BCUT2D eigenvalue weighted by Gasteiger charge is -2.13. The molecule has 0 aliphatic carbocycles. The van der Waals surface area contributed by atoms with Crippen LogP contribution in [-0.4, -0.2) is 103 Å². The summed E-state index contributed by atoms with van der Waals surface area (Å²) >= 11 is 3.70. The van der Waals surface area contributed by atoms with Crippen LogP contribution in [0.2, 0.25) is 0 Å². The highest BCUT2D eigenvalue weighted by Crippen LogP contribution is 2.24. The highest BCUT2D eigenvalue weighted by molar-refractivity contribution is 9.10. The third-order valence-corrected chi connectivity index (χ3v) is 7.85. The third-order valence-electron chi connectivity index (χ3n) is 6.84. The Morgan fingerprint density at radius 3 is 1.26 bits per heavy atom. The molecule has 0 saturated carbocycles. The molecule has 10 nitrogen and oxygen atoms in total. The van der Waals surface area contributed by atoms with E-state index in [9.17, 15) is 0 Å². The quantitative estimate of drug-likeness (QED) is 0.102. The number of ether oxygens (including phenoxy) is 8. The first-order valence-electron chi connectivity index (χ1n) is 16.1. The summed E-state index contributed by atoms with van der Waals surface area (Å²) in [7, 11) is 0. The van der Waals surface area contributed by atoms with Crippen LogP contribution in [0.5, 0.6) is 11.5 Å². The summed E-state index contributed by atoms with van der Waals surface area (Å²) < 4.78 is 46.5. The van der Waals surface area contributed by atoms with Crippen LogP contribution in [0, 0.1) is 0 Å². The van der Waals surface area contributed by atoms with E-state index in [1.54, 1.807) is 0 Å². The molecule has 260 valence electrons. The monoisotopic (exact) mass is 720 g/mol. The summed E-state index contributed by atoms with van der Waals surface area (Å²) in [4.78, 5) is 0. The molecule has 3 rings (SSSR count). The smallest absolute Gasteiger partial charge is 0.122 e. The topological polar surface area (TPSA) is 114 Å². The Bertz CT molecular complexity index is 1140. The van der Waals surface area contributed by atoms with Crippen LogP contribution < -0.4 is 9.47 Å². The number of aliphatic hydroxyl groups excluding tert-OH is 2. The van der Waals surface area contributed by atoms with Crippen molar-refractivity contribution in [3.05, 3.63) is 93.5 Å². The predicted octanol–water partition coefficient (Wildman–Crippen LogP) is 4.78. The van der Waals surface area contributed by atoms with Crippen molar-refractivity contribution >= 4 is 15.9 Å². The predicted molar refractivity (Wildman–Crippen MR) is 182 cm³/mol. The van der Waals surface area contributed by atoms with Gasteiger partial charge in [0.1, 0.15) is 24.7 Å². The standard InChI is InChI=1S/C36H49BrO10/c37-36-32(28-44-22-20-42-24-26-46-34-10-3-1-6-30(34)12-16-40-18-14-38)8-5-9-33(36)29-45-23-21-43-25-27-47-35-11-4-2-7-31(35)13-17-41-19-15-39/h1-11,38-39H,12-29H2. The second-order valence-corrected chi connectivity index (χ2v) is 11.1. The van der Waals surface area contributed by atoms with Gasteiger partial charge in [0.05, 0.1) is 92.5 Å². The van der Waals surface area contributed by atoms with Gasteiger partial charge in [-0.15, -0.1) is 0 Å². The van der Waals surface area contributed by atoms with Gasteiger partial charge in [0.2, 0.25) is 0 Å². The van der Waals surface area contributed by atoms with E-state index in [1.165, 1.54) is 0 Å². The molecule has 0 unspecified atom stereocenters. The summed E-state index contributed by atoms with van der Waals surface area (Å²) in [5.74, 6) is 1.64. The molecule has 2 N–H and O–H groups in total. The normalized spacial score (nSPS) is 11.2. The first-order valence-corrected chi connectivity index (χ1v) is 16.9. The Balaban J connectivity index is 1.21. The molecular weight excluding hydrogens is 672 g/mol. The van der Waals surface area contributed by atoms with Gasteiger partial charge in [-0.3, -0.25) is 0 Å². The highest BCUT2D eigenvalue weighted by Gasteiger charge is 2.08. The van der Waals surface area contributed by atoms with Crippen molar-refractivity contribution in [2.24, 2.45) is 0 Å². The van der Waals surface area contributed by atoms with E-state index >= 15 is 0 Å². The maximum absolute atomic E-state index is 8.84. The van der Waals surface area contributed by atoms with Gasteiger partial charge in [-0.2, -0.15) is 0 Å². The number of benzene rings is 3. The van der Waals surface area contributed by atoms with Crippen LogP contribution in [0.25, 0.3) is 0 Å². The molecular formula is C36H49BrO10. The lowest BCUT2D eigenvalue weighted by Crippen LogP contribution is -2.12. The lowest BCUT2D eigenvalue weighted by atomic mass is 10.1. The van der Waals surface area contributed by atoms with Crippen LogP contribution in [0.1, 0.15) is 22.3 Å². The van der Waals surface area contributed by atoms with E-state index in [4.69, 9.17) is 48.1 Å². The fourth-order valence-electron chi connectivity index (χ4n) is 4.48. The SMILES string of the molecule is OCCOCCc1ccccc1OCCOCCOCc1cccc(COCCOCCOc2ccccc2CCOCCO)c1Br. The number of hydrogen-bond acceptors (Lipinski definition) is 10. The van der Waals surface area contributed by atoms with Gasteiger partial charge in [-0.1, -0.05) is 70.5 Å². The van der Waals surface area contributed by atoms with Crippen molar-refractivity contribution in [1.82, 2.24) is 0 Å². The summed E-state index contributed by atoms with van der Waals surface area (Å²) in [5, 5.41) is 17.7. The van der Waals surface area contributed by atoms with Gasteiger partial charge < -0.3 is 48.1 Å². The summed E-state index contributed by atoms with van der Waals surface area (Å²) in [6.45, 7) is 6.41. The molecule has 0 spiro atoms. The molecule has 3 aromatic rings. The minimum absolute atomic E-state index is 0.0240. The molecule has 0 amide bonds. The number of aliphatic hydroxyl groups is 2. The van der Waals surface area contributed by atoms with Crippen LogP contribution in [0.3, 0.4) is 0 Å². The van der Waals surface area contributed by atoms with E-state index in [1.807, 2.05) is 66.7 Å². The number of para-hydroxylation sites is 2. The number of rotatable bonds is 28. The molecule has 0 fully saturated rings. The summed E-state index contributed by atoms with van der Waals surface area (Å²) in [6.07, 6.45) is 1.45. The van der Waals surface area contributed by atoms with E-state index in [0.29, 0.717) is 92.5 Å². The van der Waals surface area contributed by atoms with Gasteiger partial charge in [0.15, 0.2) is 0 Å². The van der Waals surface area contributed by atoms with Gasteiger partial charge >= 0.3 is 0 Å². The van der Waals surface area contributed by atoms with Crippen molar-refractivity contribution in [3.8, 4) is 11.5 Å². The fourth-order valence-corrected chi connectivity index (χ4v) is 4.97. The molecule has 0 atom stereocenters. The molecule has 3 aromatic carbocycles. The number of hydrogen-bond donors (Lipinski definition) is 2. The van der Waals surface area contributed by atoms with Gasteiger partial charge in [-0.05, 0) is 47.2 Å². The Labute approximate surface area is 286 Å². The first kappa shape index (κ1) is 38.9. The molecule has 0 saturated heterocycles. The second-order valence-electron chi connectivity index (χ2n) is 10.3. The van der Waals surface area contributed by atoms with Crippen molar-refractivity contribution in [2.75, 3.05) is 92.5 Å². The highest BCUT2D eigenvalue weighted by atomic mass is 79.9. The van der Waals surface area contributed by atoms with Crippen molar-refractivity contribution < 1.29 is 48.1 Å². The van der Waals surface area contributed by atoms with Crippen LogP contribution in [-0.2, 0) is 54.5 Å². The second kappa shape index (κ2) is 25.4.